The molecule has 6 nitrogen and oxygen atoms in total. The van der Waals surface area contributed by atoms with Crippen molar-refractivity contribution in [3.63, 3.8) is 0 Å². The maximum Gasteiger partial charge on any atom is 0.293 e. The fourth-order valence-corrected chi connectivity index (χ4v) is 3.00. The van der Waals surface area contributed by atoms with Gasteiger partial charge >= 0.3 is 0 Å². The van der Waals surface area contributed by atoms with Crippen molar-refractivity contribution in [3.05, 3.63) is 40.8 Å². The number of rotatable bonds is 4. The van der Waals surface area contributed by atoms with Crippen LogP contribution in [0.1, 0.15) is 13.3 Å². The number of aliphatic hydroxyl groups is 1. The lowest BCUT2D eigenvalue weighted by atomic mass is 10.1. The second kappa shape index (κ2) is 6.42. The van der Waals surface area contributed by atoms with Gasteiger partial charge in [0.05, 0.1) is 5.69 Å². The fraction of sp³-hybridized carbons (Fsp3) is 0.412. The molecule has 1 atom stereocenters. The summed E-state index contributed by atoms with van der Waals surface area (Å²) in [6.07, 6.45) is 2.64. The van der Waals surface area contributed by atoms with Crippen LogP contribution in [0.4, 0.5) is 11.5 Å². The van der Waals surface area contributed by atoms with E-state index in [0.29, 0.717) is 30.3 Å². The van der Waals surface area contributed by atoms with Crippen molar-refractivity contribution in [1.82, 2.24) is 9.55 Å². The molecular formula is C17H22N4O2. The molecule has 0 radical (unpaired) electrons. The molecule has 0 saturated carbocycles. The lowest BCUT2D eigenvalue weighted by Gasteiger charge is -2.19. The summed E-state index contributed by atoms with van der Waals surface area (Å²) < 4.78 is 1.66. The van der Waals surface area contributed by atoms with Crippen molar-refractivity contribution in [2.75, 3.05) is 30.3 Å². The molecule has 1 aromatic carbocycles. The van der Waals surface area contributed by atoms with Gasteiger partial charge in [0.15, 0.2) is 5.82 Å². The standard InChI is InChI=1S/C17H22N4O2/c1-2-20-10-15(13-5-3-4-6-14(13)18)19-16(17(20)23)21-8-7-12(9-21)11-22/h3-6,10,12,22H,2,7-9,11,18H2,1H3/t12-/m1/s1. The topological polar surface area (TPSA) is 84.4 Å². The molecule has 0 amide bonds. The molecule has 0 aliphatic carbocycles. The van der Waals surface area contributed by atoms with E-state index < -0.39 is 0 Å². The van der Waals surface area contributed by atoms with Crippen LogP contribution in [0.15, 0.2) is 35.3 Å². The van der Waals surface area contributed by atoms with Gasteiger partial charge in [-0.3, -0.25) is 4.79 Å². The Hall–Kier alpha value is -2.34. The highest BCUT2D eigenvalue weighted by Crippen LogP contribution is 2.26. The number of hydrogen-bond donors (Lipinski definition) is 2. The van der Waals surface area contributed by atoms with Gasteiger partial charge < -0.3 is 20.3 Å². The third kappa shape index (κ3) is 2.94. The van der Waals surface area contributed by atoms with Gasteiger partial charge in [-0.05, 0) is 19.4 Å². The Morgan fingerprint density at radius 3 is 2.83 bits per heavy atom. The Labute approximate surface area is 135 Å². The minimum atomic E-state index is -0.0932. The molecule has 0 spiro atoms. The van der Waals surface area contributed by atoms with Crippen molar-refractivity contribution in [3.8, 4) is 11.3 Å². The lowest BCUT2D eigenvalue weighted by Crippen LogP contribution is -2.32. The number of aromatic nitrogens is 2. The summed E-state index contributed by atoms with van der Waals surface area (Å²) in [5.41, 5.74) is 8.13. The van der Waals surface area contributed by atoms with Gasteiger partial charge in [-0.15, -0.1) is 0 Å². The van der Waals surface area contributed by atoms with Crippen molar-refractivity contribution < 1.29 is 5.11 Å². The van der Waals surface area contributed by atoms with E-state index in [1.165, 1.54) is 0 Å². The predicted molar refractivity (Wildman–Crippen MR) is 91.4 cm³/mol. The van der Waals surface area contributed by atoms with E-state index in [2.05, 4.69) is 4.98 Å². The van der Waals surface area contributed by atoms with Crippen LogP contribution in [0.5, 0.6) is 0 Å². The van der Waals surface area contributed by atoms with Gasteiger partial charge in [0, 0.05) is 49.6 Å². The molecule has 2 heterocycles. The van der Waals surface area contributed by atoms with E-state index in [4.69, 9.17) is 5.73 Å². The van der Waals surface area contributed by atoms with E-state index >= 15 is 0 Å². The largest absolute Gasteiger partial charge is 0.398 e. The van der Waals surface area contributed by atoms with Crippen LogP contribution in [0.2, 0.25) is 0 Å². The summed E-state index contributed by atoms with van der Waals surface area (Å²) in [6.45, 7) is 4.06. The molecule has 1 aliphatic heterocycles. The number of hydrogen-bond acceptors (Lipinski definition) is 5. The fourth-order valence-electron chi connectivity index (χ4n) is 3.00. The smallest absolute Gasteiger partial charge is 0.293 e. The number of benzene rings is 1. The van der Waals surface area contributed by atoms with Crippen LogP contribution in [0, 0.1) is 5.92 Å². The summed E-state index contributed by atoms with van der Waals surface area (Å²) in [4.78, 5) is 19.2. The first-order chi connectivity index (χ1) is 11.1. The minimum Gasteiger partial charge on any atom is -0.398 e. The highest BCUT2D eigenvalue weighted by Gasteiger charge is 2.26. The average molecular weight is 314 g/mol. The van der Waals surface area contributed by atoms with Crippen LogP contribution in [0.3, 0.4) is 0 Å². The molecule has 1 saturated heterocycles. The molecule has 1 aliphatic rings. The number of nitrogens with two attached hydrogens (primary N) is 1. The molecule has 122 valence electrons. The molecule has 0 unspecified atom stereocenters. The predicted octanol–water partition coefficient (Wildman–Crippen LogP) is 1.33. The zero-order valence-electron chi connectivity index (χ0n) is 13.3. The first-order valence-electron chi connectivity index (χ1n) is 7.96. The first-order valence-corrected chi connectivity index (χ1v) is 7.96. The highest BCUT2D eigenvalue weighted by molar-refractivity contribution is 5.73. The minimum absolute atomic E-state index is 0.0932. The van der Waals surface area contributed by atoms with Gasteiger partial charge in [-0.1, -0.05) is 18.2 Å². The molecule has 3 N–H and O–H groups in total. The number of anilines is 2. The molecule has 0 bridgehead atoms. The number of aryl methyl sites for hydroxylation is 1. The normalized spacial score (nSPS) is 17.7. The zero-order valence-corrected chi connectivity index (χ0v) is 13.3. The summed E-state index contributed by atoms with van der Waals surface area (Å²) in [6, 6.07) is 7.52. The van der Waals surface area contributed by atoms with Crippen molar-refractivity contribution in [1.29, 1.82) is 0 Å². The maximum absolute atomic E-state index is 12.6. The van der Waals surface area contributed by atoms with Gasteiger partial charge in [0.1, 0.15) is 0 Å². The third-order valence-electron chi connectivity index (χ3n) is 4.38. The second-order valence-corrected chi connectivity index (χ2v) is 5.91. The third-order valence-corrected chi connectivity index (χ3v) is 4.38. The van der Waals surface area contributed by atoms with Crippen LogP contribution in [-0.4, -0.2) is 34.4 Å². The molecule has 1 fully saturated rings. The van der Waals surface area contributed by atoms with Crippen molar-refractivity contribution >= 4 is 11.5 Å². The second-order valence-electron chi connectivity index (χ2n) is 5.91. The quantitative estimate of drug-likeness (QED) is 0.832. The van der Waals surface area contributed by atoms with E-state index in [0.717, 1.165) is 18.5 Å². The van der Waals surface area contributed by atoms with Crippen LogP contribution in [0.25, 0.3) is 11.3 Å². The Bertz CT molecular complexity index is 756. The SMILES string of the molecule is CCn1cc(-c2ccccc2N)nc(N2CC[C@@H](CO)C2)c1=O. The van der Waals surface area contributed by atoms with Crippen molar-refractivity contribution in [2.24, 2.45) is 5.92 Å². The number of nitrogens with zero attached hydrogens (tertiary/aromatic N) is 3. The van der Waals surface area contributed by atoms with Gasteiger partial charge in [-0.25, -0.2) is 4.98 Å². The molecule has 2 aromatic rings. The van der Waals surface area contributed by atoms with Gasteiger partial charge in [0.2, 0.25) is 0 Å². The molecule has 3 rings (SSSR count). The Morgan fingerprint density at radius 2 is 2.17 bits per heavy atom. The molecule has 6 heteroatoms. The summed E-state index contributed by atoms with van der Waals surface area (Å²) in [5, 5.41) is 9.32. The van der Waals surface area contributed by atoms with Gasteiger partial charge in [-0.2, -0.15) is 0 Å². The van der Waals surface area contributed by atoms with Gasteiger partial charge in [0.25, 0.3) is 5.56 Å². The van der Waals surface area contributed by atoms with Crippen LogP contribution in [-0.2, 0) is 6.54 Å². The summed E-state index contributed by atoms with van der Waals surface area (Å²) in [5.74, 6) is 0.653. The highest BCUT2D eigenvalue weighted by atomic mass is 16.3. The van der Waals surface area contributed by atoms with Crippen LogP contribution < -0.4 is 16.2 Å². The maximum atomic E-state index is 12.6. The van der Waals surface area contributed by atoms with E-state index in [1.54, 1.807) is 10.8 Å². The van der Waals surface area contributed by atoms with E-state index in [-0.39, 0.29) is 18.1 Å². The first kappa shape index (κ1) is 15.6. The van der Waals surface area contributed by atoms with E-state index in [9.17, 15) is 9.90 Å². The average Bonchev–Trinajstić information content (AvgIpc) is 3.04. The van der Waals surface area contributed by atoms with Crippen LogP contribution >= 0.6 is 0 Å². The molecule has 23 heavy (non-hydrogen) atoms. The monoisotopic (exact) mass is 314 g/mol. The summed E-state index contributed by atoms with van der Waals surface area (Å²) >= 11 is 0. The Kier molecular flexibility index (Phi) is 4.34. The number of nitrogen functional groups attached to an aromatic ring is 1. The molecule has 1 aromatic heterocycles. The van der Waals surface area contributed by atoms with E-state index in [1.807, 2.05) is 36.1 Å². The Balaban J connectivity index is 2.08. The number of para-hydroxylation sites is 1. The van der Waals surface area contributed by atoms with Crippen molar-refractivity contribution in [2.45, 2.75) is 19.9 Å². The Morgan fingerprint density at radius 1 is 1.39 bits per heavy atom. The lowest BCUT2D eigenvalue weighted by molar-refractivity contribution is 0.238. The summed E-state index contributed by atoms with van der Waals surface area (Å²) in [7, 11) is 0. The number of aliphatic hydroxyl groups excluding tert-OH is 1. The molecular weight excluding hydrogens is 292 g/mol. The zero-order chi connectivity index (χ0) is 16.4.